The maximum absolute atomic E-state index is 13.2. The molecule has 0 saturated carbocycles. The minimum Gasteiger partial charge on any atom is -0.493 e. The van der Waals surface area contributed by atoms with Crippen molar-refractivity contribution in [3.63, 3.8) is 0 Å². The largest absolute Gasteiger partial charge is 0.493 e. The molecule has 0 aliphatic carbocycles. The SMILES string of the molecule is Cc1cc(Nc2ncc(C(=O)Nc3c(C)cccc3Cl)s2)cc(N2CCN(C(=O)CCOc3cccc4c3CN(C3CCC(=O)NC3=O)C4=O)CC2)n1. The third-order valence-electron chi connectivity index (χ3n) is 9.45. The number of anilines is 4. The first kappa shape index (κ1) is 35.8. The van der Waals surface area contributed by atoms with E-state index >= 15 is 0 Å². The van der Waals surface area contributed by atoms with E-state index in [0.29, 0.717) is 63.8 Å². The Balaban J connectivity index is 0.901. The van der Waals surface area contributed by atoms with E-state index in [1.807, 2.05) is 43.0 Å². The number of ether oxygens (including phenoxy) is 1. The van der Waals surface area contributed by atoms with Crippen molar-refractivity contribution < 1.29 is 28.7 Å². The van der Waals surface area contributed by atoms with Crippen molar-refractivity contribution in [2.45, 2.75) is 45.7 Å². The Morgan fingerprint density at radius 3 is 2.62 bits per heavy atom. The van der Waals surface area contributed by atoms with Gasteiger partial charge in [-0.2, -0.15) is 0 Å². The van der Waals surface area contributed by atoms with Crippen LogP contribution in [0.4, 0.5) is 22.3 Å². The van der Waals surface area contributed by atoms with Crippen LogP contribution in [0.15, 0.2) is 54.7 Å². The Bertz CT molecular complexity index is 2100. The molecular weight excluding hydrogens is 720 g/mol. The minimum atomic E-state index is -0.713. The van der Waals surface area contributed by atoms with Gasteiger partial charge in [-0.15, -0.1) is 0 Å². The van der Waals surface area contributed by atoms with Gasteiger partial charge in [0.05, 0.1) is 36.5 Å². The number of nitrogens with one attached hydrogen (secondary N) is 3. The highest BCUT2D eigenvalue weighted by Gasteiger charge is 2.40. The van der Waals surface area contributed by atoms with E-state index in [2.05, 4.69) is 25.8 Å². The van der Waals surface area contributed by atoms with E-state index in [1.165, 1.54) is 22.4 Å². The van der Waals surface area contributed by atoms with Gasteiger partial charge in [0.1, 0.15) is 22.5 Å². The fourth-order valence-corrected chi connectivity index (χ4v) is 7.70. The standard InChI is InChI=1S/C37H37ClN8O6S/c1-21-5-3-7-26(38)33(21)43-35(50)29-19-39-37(53-29)41-23-17-22(2)40-30(18-23)44-12-14-45(15-13-44)32(48)11-16-52-28-8-4-6-24-25(28)20-46(36(24)51)27-9-10-31(47)42-34(27)49/h3-8,17-19,27H,9-16,20H2,1-2H3,(H,43,50)(H,39,40,41)(H,42,47,49). The lowest BCUT2D eigenvalue weighted by molar-refractivity contribution is -0.137. The van der Waals surface area contributed by atoms with Gasteiger partial charge in [-0.1, -0.05) is 41.1 Å². The second-order valence-electron chi connectivity index (χ2n) is 13.0. The van der Waals surface area contributed by atoms with Crippen LogP contribution in [0.3, 0.4) is 0 Å². The molecule has 7 rings (SSSR count). The minimum absolute atomic E-state index is 0.0358. The smallest absolute Gasteiger partial charge is 0.267 e. The Morgan fingerprint density at radius 2 is 1.85 bits per heavy atom. The average Bonchev–Trinajstić information content (AvgIpc) is 3.74. The predicted octanol–water partition coefficient (Wildman–Crippen LogP) is 4.68. The summed E-state index contributed by atoms with van der Waals surface area (Å²) < 4.78 is 6.01. The van der Waals surface area contributed by atoms with Gasteiger partial charge < -0.3 is 30.1 Å². The summed E-state index contributed by atoms with van der Waals surface area (Å²) in [6.45, 7) is 6.34. The number of hydrogen-bond donors (Lipinski definition) is 3. The third-order valence-corrected chi connectivity index (χ3v) is 10.7. The van der Waals surface area contributed by atoms with Gasteiger partial charge in [0, 0.05) is 61.2 Å². The molecule has 0 bridgehead atoms. The average molecular weight is 757 g/mol. The highest BCUT2D eigenvalue weighted by molar-refractivity contribution is 7.17. The van der Waals surface area contributed by atoms with Crippen molar-refractivity contribution in [3.05, 3.63) is 87.0 Å². The third kappa shape index (κ3) is 7.81. The number of para-hydroxylation sites is 1. The zero-order valence-electron chi connectivity index (χ0n) is 29.1. The zero-order chi connectivity index (χ0) is 37.2. The van der Waals surface area contributed by atoms with Gasteiger partial charge in [-0.25, -0.2) is 9.97 Å². The van der Waals surface area contributed by atoms with E-state index in [-0.39, 0.29) is 56.0 Å². The molecule has 3 aliphatic heterocycles. The summed E-state index contributed by atoms with van der Waals surface area (Å²) in [5.74, 6) is -0.142. The molecule has 3 aliphatic rings. The van der Waals surface area contributed by atoms with Crippen molar-refractivity contribution in [1.82, 2.24) is 25.1 Å². The number of piperazine rings is 1. The van der Waals surface area contributed by atoms with E-state index in [9.17, 15) is 24.0 Å². The molecule has 2 fully saturated rings. The number of hydrogen-bond acceptors (Lipinski definition) is 11. The summed E-state index contributed by atoms with van der Waals surface area (Å²) >= 11 is 7.51. The van der Waals surface area contributed by atoms with Crippen LogP contribution in [0.2, 0.25) is 5.02 Å². The molecule has 3 N–H and O–H groups in total. The number of carbonyl (C=O) groups excluding carboxylic acids is 5. The molecule has 0 spiro atoms. The van der Waals surface area contributed by atoms with E-state index in [1.54, 1.807) is 24.3 Å². The van der Waals surface area contributed by atoms with Crippen LogP contribution in [0.25, 0.3) is 0 Å². The first-order chi connectivity index (χ1) is 25.5. The van der Waals surface area contributed by atoms with E-state index < -0.39 is 11.9 Å². The number of halogens is 1. The molecule has 1 unspecified atom stereocenters. The van der Waals surface area contributed by atoms with Crippen LogP contribution in [0.5, 0.6) is 5.75 Å². The molecule has 14 nitrogen and oxygen atoms in total. The molecule has 5 heterocycles. The summed E-state index contributed by atoms with van der Waals surface area (Å²) in [5.41, 5.74) is 4.15. The lowest BCUT2D eigenvalue weighted by Crippen LogP contribution is -2.52. The molecule has 53 heavy (non-hydrogen) atoms. The van der Waals surface area contributed by atoms with Crippen molar-refractivity contribution >= 4 is 74.8 Å². The van der Waals surface area contributed by atoms with Crippen molar-refractivity contribution in [3.8, 4) is 5.75 Å². The number of benzene rings is 2. The van der Waals surface area contributed by atoms with Crippen LogP contribution in [0, 0.1) is 13.8 Å². The molecule has 0 radical (unpaired) electrons. The predicted molar refractivity (Wildman–Crippen MR) is 200 cm³/mol. The maximum Gasteiger partial charge on any atom is 0.267 e. The summed E-state index contributed by atoms with van der Waals surface area (Å²) in [4.78, 5) is 78.2. The zero-order valence-corrected chi connectivity index (χ0v) is 30.7. The van der Waals surface area contributed by atoms with Gasteiger partial charge in [0.15, 0.2) is 5.13 Å². The van der Waals surface area contributed by atoms with Crippen LogP contribution in [-0.2, 0) is 20.9 Å². The van der Waals surface area contributed by atoms with Crippen LogP contribution in [0.1, 0.15) is 56.1 Å². The lowest BCUT2D eigenvalue weighted by Gasteiger charge is -2.35. The quantitative estimate of drug-likeness (QED) is 0.194. The number of amides is 5. The molecule has 274 valence electrons. The number of aromatic nitrogens is 2. The molecule has 16 heteroatoms. The summed E-state index contributed by atoms with van der Waals surface area (Å²) in [6.07, 6.45) is 2.15. The Morgan fingerprint density at radius 1 is 1.06 bits per heavy atom. The van der Waals surface area contributed by atoms with Crippen LogP contribution in [-0.4, -0.2) is 88.1 Å². The molecule has 5 amide bonds. The number of fused-ring (bicyclic) bond motifs is 1. The second-order valence-corrected chi connectivity index (χ2v) is 14.5. The molecular formula is C37H37ClN8O6S. The lowest BCUT2D eigenvalue weighted by atomic mass is 10.0. The summed E-state index contributed by atoms with van der Waals surface area (Å²) in [5, 5.41) is 9.50. The number of carbonyl (C=O) groups is 5. The molecule has 1 atom stereocenters. The highest BCUT2D eigenvalue weighted by Crippen LogP contribution is 2.34. The van der Waals surface area contributed by atoms with Crippen molar-refractivity contribution in [2.24, 2.45) is 0 Å². The molecule has 2 aromatic heterocycles. The monoisotopic (exact) mass is 756 g/mol. The van der Waals surface area contributed by atoms with Gasteiger partial charge in [-0.3, -0.25) is 29.3 Å². The fourth-order valence-electron chi connectivity index (χ4n) is 6.69. The maximum atomic E-state index is 13.2. The number of nitrogens with zero attached hydrogens (tertiary/aromatic N) is 5. The molecule has 2 saturated heterocycles. The van der Waals surface area contributed by atoms with E-state index in [4.69, 9.17) is 21.3 Å². The number of piperidine rings is 1. The van der Waals surface area contributed by atoms with Gasteiger partial charge in [-0.05, 0) is 50.1 Å². The number of pyridine rings is 1. The first-order valence-electron chi connectivity index (χ1n) is 17.2. The van der Waals surface area contributed by atoms with Gasteiger partial charge >= 0.3 is 0 Å². The van der Waals surface area contributed by atoms with Crippen molar-refractivity contribution in [2.75, 3.05) is 48.3 Å². The number of aryl methyl sites for hydroxylation is 2. The number of thiazole rings is 1. The van der Waals surface area contributed by atoms with Gasteiger partial charge in [0.2, 0.25) is 17.7 Å². The van der Waals surface area contributed by atoms with E-state index in [0.717, 1.165) is 22.8 Å². The topological polar surface area (TPSA) is 166 Å². The summed E-state index contributed by atoms with van der Waals surface area (Å²) in [6, 6.07) is 13.7. The van der Waals surface area contributed by atoms with Crippen LogP contribution >= 0.6 is 22.9 Å². The Kier molecular flexibility index (Phi) is 10.3. The molecule has 4 aromatic rings. The highest BCUT2D eigenvalue weighted by atomic mass is 35.5. The first-order valence-corrected chi connectivity index (χ1v) is 18.4. The Labute approximate surface area is 314 Å². The Hall–Kier alpha value is -5.54. The number of imide groups is 1. The normalized spacial score (nSPS) is 17.1. The fraction of sp³-hybridized carbons (Fsp3) is 0.324. The van der Waals surface area contributed by atoms with Crippen LogP contribution < -0.4 is 25.6 Å². The molecule has 2 aromatic carbocycles. The number of rotatable bonds is 10. The van der Waals surface area contributed by atoms with Gasteiger partial charge in [0.25, 0.3) is 11.8 Å². The summed E-state index contributed by atoms with van der Waals surface area (Å²) in [7, 11) is 0. The van der Waals surface area contributed by atoms with Crippen molar-refractivity contribution in [1.29, 1.82) is 0 Å². The second kappa shape index (κ2) is 15.2.